The molecule has 1 aliphatic heterocycles. The van der Waals surface area contributed by atoms with E-state index in [9.17, 15) is 4.79 Å². The molecule has 0 aromatic carbocycles. The van der Waals surface area contributed by atoms with Gasteiger partial charge in [0.05, 0.1) is 6.61 Å². The van der Waals surface area contributed by atoms with Crippen molar-refractivity contribution >= 4 is 18.0 Å². The molecule has 0 aliphatic carbocycles. The second-order valence-electron chi connectivity index (χ2n) is 2.81. The van der Waals surface area contributed by atoms with Crippen LogP contribution in [-0.4, -0.2) is 28.8 Å². The summed E-state index contributed by atoms with van der Waals surface area (Å²) in [5.41, 5.74) is 0.714. The van der Waals surface area contributed by atoms with Crippen molar-refractivity contribution in [3.05, 3.63) is 18.1 Å². The second kappa shape index (κ2) is 3.53. The molecule has 1 aromatic rings. The van der Waals surface area contributed by atoms with Gasteiger partial charge < -0.3 is 4.74 Å². The second-order valence-corrected chi connectivity index (χ2v) is 2.81. The van der Waals surface area contributed by atoms with E-state index in [-0.39, 0.29) is 5.97 Å². The first-order valence-electron chi connectivity index (χ1n) is 4.33. The topological polar surface area (TPSA) is 64.4 Å². The average molecular weight is 191 g/mol. The van der Waals surface area contributed by atoms with Crippen molar-refractivity contribution in [2.24, 2.45) is 4.99 Å². The van der Waals surface area contributed by atoms with Crippen LogP contribution in [0.4, 0.5) is 5.82 Å². The van der Waals surface area contributed by atoms with Crippen molar-refractivity contribution in [1.29, 1.82) is 0 Å². The molecule has 2 rings (SSSR count). The molecular weight excluding hydrogens is 182 g/mol. The molecule has 1 aliphatic rings. The fourth-order valence-corrected chi connectivity index (χ4v) is 1.31. The van der Waals surface area contributed by atoms with E-state index in [0.29, 0.717) is 18.0 Å². The maximum Gasteiger partial charge on any atom is 0.319 e. The van der Waals surface area contributed by atoms with Crippen molar-refractivity contribution in [1.82, 2.24) is 9.97 Å². The van der Waals surface area contributed by atoms with E-state index in [1.54, 1.807) is 13.1 Å². The molecule has 0 saturated carbocycles. The third-order valence-electron chi connectivity index (χ3n) is 1.94. The molecule has 0 radical (unpaired) electrons. The van der Waals surface area contributed by atoms with Gasteiger partial charge in [-0.1, -0.05) is 0 Å². The maximum absolute atomic E-state index is 11.4. The minimum absolute atomic E-state index is 0.301. The molecule has 72 valence electrons. The van der Waals surface area contributed by atoms with Gasteiger partial charge in [0.2, 0.25) is 0 Å². The van der Waals surface area contributed by atoms with Gasteiger partial charge in [0.25, 0.3) is 0 Å². The van der Waals surface area contributed by atoms with Crippen molar-refractivity contribution in [3.8, 4) is 0 Å². The highest BCUT2D eigenvalue weighted by Gasteiger charge is 2.27. The number of esters is 1. The molecule has 0 saturated heterocycles. The molecule has 1 unspecified atom stereocenters. The molecule has 2 heterocycles. The molecular formula is C9H9N3O2. The Hall–Kier alpha value is -1.78. The van der Waals surface area contributed by atoms with Crippen LogP contribution < -0.4 is 0 Å². The zero-order valence-electron chi connectivity index (χ0n) is 7.67. The zero-order chi connectivity index (χ0) is 9.97. The van der Waals surface area contributed by atoms with Gasteiger partial charge in [0, 0.05) is 18.0 Å². The van der Waals surface area contributed by atoms with Gasteiger partial charge in [-0.2, -0.15) is 0 Å². The highest BCUT2D eigenvalue weighted by molar-refractivity contribution is 6.00. The molecule has 14 heavy (non-hydrogen) atoms. The van der Waals surface area contributed by atoms with Crippen LogP contribution in [0.2, 0.25) is 0 Å². The van der Waals surface area contributed by atoms with Crippen LogP contribution in [0.5, 0.6) is 0 Å². The number of aromatic nitrogens is 2. The number of carbonyl (C=O) groups is 1. The van der Waals surface area contributed by atoms with Crippen LogP contribution >= 0.6 is 0 Å². The number of ether oxygens (including phenoxy) is 1. The Bertz CT molecular complexity index is 389. The summed E-state index contributed by atoms with van der Waals surface area (Å²) in [4.78, 5) is 23.2. The van der Waals surface area contributed by atoms with E-state index in [4.69, 9.17) is 4.74 Å². The number of fused-ring (bicyclic) bond motifs is 1. The van der Waals surface area contributed by atoms with Crippen LogP contribution in [0.25, 0.3) is 0 Å². The number of hydrogen-bond donors (Lipinski definition) is 0. The third-order valence-corrected chi connectivity index (χ3v) is 1.94. The van der Waals surface area contributed by atoms with Crippen LogP contribution in [0.15, 0.2) is 17.5 Å². The van der Waals surface area contributed by atoms with Crippen LogP contribution in [0.1, 0.15) is 18.4 Å². The van der Waals surface area contributed by atoms with Gasteiger partial charge in [0.1, 0.15) is 12.2 Å². The summed E-state index contributed by atoms with van der Waals surface area (Å²) in [7, 11) is 0. The number of aliphatic imine (C=N–C) groups is 1. The molecule has 1 atom stereocenters. The lowest BCUT2D eigenvalue weighted by atomic mass is 10.1. The quantitative estimate of drug-likeness (QED) is 0.650. The number of hydrogen-bond acceptors (Lipinski definition) is 5. The third kappa shape index (κ3) is 1.37. The monoisotopic (exact) mass is 191 g/mol. The summed E-state index contributed by atoms with van der Waals surface area (Å²) < 4.78 is 4.90. The van der Waals surface area contributed by atoms with Crippen molar-refractivity contribution in [3.63, 3.8) is 0 Å². The fourth-order valence-electron chi connectivity index (χ4n) is 1.31. The van der Waals surface area contributed by atoms with Gasteiger partial charge in [-0.05, 0) is 6.92 Å². The molecule has 0 fully saturated rings. The van der Waals surface area contributed by atoms with Crippen molar-refractivity contribution < 1.29 is 9.53 Å². The van der Waals surface area contributed by atoms with Gasteiger partial charge in [0.15, 0.2) is 5.82 Å². The van der Waals surface area contributed by atoms with Crippen LogP contribution in [0.3, 0.4) is 0 Å². The number of rotatable bonds is 2. The largest absolute Gasteiger partial charge is 0.465 e. The Morgan fingerprint density at radius 2 is 2.50 bits per heavy atom. The Morgan fingerprint density at radius 1 is 1.64 bits per heavy atom. The number of carbonyl (C=O) groups excluding carboxylic acids is 1. The highest BCUT2D eigenvalue weighted by Crippen LogP contribution is 2.29. The fraction of sp³-hybridized carbons (Fsp3) is 0.333. The summed E-state index contributed by atoms with van der Waals surface area (Å²) in [6.45, 7) is 2.14. The maximum atomic E-state index is 11.4. The van der Waals surface area contributed by atoms with E-state index >= 15 is 0 Å². The van der Waals surface area contributed by atoms with Crippen molar-refractivity contribution in [2.75, 3.05) is 6.61 Å². The minimum atomic E-state index is -0.439. The standard InChI is InChI=1S/C9H9N3O2/c1-2-14-9(13)7-4-11-8-6(7)3-10-5-12-8/h3-5,7H,2H2,1H3. The van der Waals surface area contributed by atoms with Gasteiger partial charge in [-0.25, -0.2) is 15.0 Å². The molecule has 0 spiro atoms. The SMILES string of the molecule is CCOC(=O)C1C=Nc2ncncc21. The van der Waals surface area contributed by atoms with E-state index in [0.717, 1.165) is 0 Å². The van der Waals surface area contributed by atoms with Crippen LogP contribution in [0, 0.1) is 0 Å². The predicted octanol–water partition coefficient (Wildman–Crippen LogP) is 0.839. The van der Waals surface area contributed by atoms with Gasteiger partial charge in [-0.3, -0.25) is 4.79 Å². The Labute approximate surface area is 80.9 Å². The summed E-state index contributed by atoms with van der Waals surface area (Å²) >= 11 is 0. The lowest BCUT2D eigenvalue weighted by Crippen LogP contribution is -2.15. The molecule has 1 aromatic heterocycles. The molecule has 5 nitrogen and oxygen atoms in total. The Balaban J connectivity index is 2.26. The first-order chi connectivity index (χ1) is 6.83. The van der Waals surface area contributed by atoms with Crippen LogP contribution in [-0.2, 0) is 9.53 Å². The minimum Gasteiger partial charge on any atom is -0.465 e. The normalized spacial score (nSPS) is 17.9. The molecule has 0 N–H and O–H groups in total. The summed E-state index contributed by atoms with van der Waals surface area (Å²) in [5, 5.41) is 0. The average Bonchev–Trinajstić information content (AvgIpc) is 2.61. The first kappa shape index (κ1) is 8.80. The first-order valence-corrected chi connectivity index (χ1v) is 4.33. The highest BCUT2D eigenvalue weighted by atomic mass is 16.5. The van der Waals surface area contributed by atoms with E-state index in [1.165, 1.54) is 12.5 Å². The molecule has 0 bridgehead atoms. The predicted molar refractivity (Wildman–Crippen MR) is 49.6 cm³/mol. The smallest absolute Gasteiger partial charge is 0.319 e. The van der Waals surface area contributed by atoms with Gasteiger partial charge >= 0.3 is 5.97 Å². The van der Waals surface area contributed by atoms with E-state index in [1.807, 2.05) is 0 Å². The van der Waals surface area contributed by atoms with Gasteiger partial charge in [-0.15, -0.1) is 0 Å². The lowest BCUT2D eigenvalue weighted by molar-refractivity contribution is -0.143. The molecule has 5 heteroatoms. The van der Waals surface area contributed by atoms with E-state index in [2.05, 4.69) is 15.0 Å². The molecule has 0 amide bonds. The summed E-state index contributed by atoms with van der Waals surface area (Å²) in [6, 6.07) is 0. The Kier molecular flexibility index (Phi) is 2.22. The summed E-state index contributed by atoms with van der Waals surface area (Å²) in [6.07, 6.45) is 4.54. The number of nitrogens with zero attached hydrogens (tertiary/aromatic N) is 3. The Morgan fingerprint density at radius 3 is 3.29 bits per heavy atom. The van der Waals surface area contributed by atoms with E-state index < -0.39 is 5.92 Å². The van der Waals surface area contributed by atoms with Crippen molar-refractivity contribution in [2.45, 2.75) is 12.8 Å². The summed E-state index contributed by atoms with van der Waals surface area (Å²) in [5.74, 6) is -0.186. The lowest BCUT2D eigenvalue weighted by Gasteiger charge is -2.06. The zero-order valence-corrected chi connectivity index (χ0v) is 7.67.